The smallest absolute Gasteiger partial charge is 0.198 e. The first-order chi connectivity index (χ1) is 19.0. The van der Waals surface area contributed by atoms with E-state index in [1.54, 1.807) is 6.92 Å². The van der Waals surface area contributed by atoms with E-state index in [4.69, 9.17) is 14.6 Å². The third-order valence-corrected chi connectivity index (χ3v) is 6.61. The molecule has 0 bridgehead atoms. The Kier molecular flexibility index (Phi) is 7.64. The maximum absolute atomic E-state index is 13.0. The minimum Gasteiger partial charge on any atom is -0.490 e. The summed E-state index contributed by atoms with van der Waals surface area (Å²) in [5.74, 6) is 1.52. The molecule has 1 heterocycles. The van der Waals surface area contributed by atoms with Gasteiger partial charge < -0.3 is 9.47 Å². The summed E-state index contributed by atoms with van der Waals surface area (Å²) >= 11 is 0. The maximum atomic E-state index is 13.0. The van der Waals surface area contributed by atoms with Crippen LogP contribution in [0.3, 0.4) is 0 Å². The highest BCUT2D eigenvalue weighted by atomic mass is 16.5. The second-order valence-corrected chi connectivity index (χ2v) is 9.62. The van der Waals surface area contributed by atoms with Gasteiger partial charge in [-0.2, -0.15) is 0 Å². The van der Waals surface area contributed by atoms with E-state index in [9.17, 15) is 4.79 Å². The standard InChI is InChI=1S/C33H33N3O3/c1-5-38-30-16-10-15-29(31(30)39-22-26-12-7-6-8-13-26)33-35(28-14-9-11-24(3)21-28)32(25(4)37)34-36(33)27-19-17-23(2)18-20-27/h6-21,33H,5,22H2,1-4H3/t33-/m0/s1. The first kappa shape index (κ1) is 26.0. The van der Waals surface area contributed by atoms with Gasteiger partial charge >= 0.3 is 0 Å². The Bertz CT molecular complexity index is 1480. The van der Waals surface area contributed by atoms with Crippen LogP contribution in [0.25, 0.3) is 0 Å². The molecular formula is C33H33N3O3. The summed E-state index contributed by atoms with van der Waals surface area (Å²) in [6.07, 6.45) is -0.486. The van der Waals surface area contributed by atoms with Crippen molar-refractivity contribution < 1.29 is 14.3 Å². The fraction of sp³-hybridized carbons (Fsp3) is 0.212. The highest BCUT2D eigenvalue weighted by Crippen LogP contribution is 2.45. The van der Waals surface area contributed by atoms with Crippen molar-refractivity contribution in [3.8, 4) is 11.5 Å². The van der Waals surface area contributed by atoms with Crippen LogP contribution in [-0.4, -0.2) is 18.2 Å². The molecule has 1 aliphatic rings. The average Bonchev–Trinajstić information content (AvgIpc) is 3.34. The number of benzene rings is 4. The van der Waals surface area contributed by atoms with Crippen molar-refractivity contribution in [3.05, 3.63) is 119 Å². The van der Waals surface area contributed by atoms with Crippen molar-refractivity contribution in [2.75, 3.05) is 16.5 Å². The van der Waals surface area contributed by atoms with Gasteiger partial charge in [0.15, 0.2) is 29.3 Å². The number of para-hydroxylation sites is 1. The minimum atomic E-state index is -0.486. The summed E-state index contributed by atoms with van der Waals surface area (Å²) in [5.41, 5.74) is 5.87. The molecule has 0 radical (unpaired) electrons. The van der Waals surface area contributed by atoms with E-state index in [0.717, 1.165) is 33.6 Å². The molecule has 0 aromatic heterocycles. The maximum Gasteiger partial charge on any atom is 0.198 e. The summed E-state index contributed by atoms with van der Waals surface area (Å²) < 4.78 is 12.6. The molecule has 1 aliphatic heterocycles. The molecule has 0 N–H and O–H groups in total. The molecule has 1 atom stereocenters. The second-order valence-electron chi connectivity index (χ2n) is 9.62. The predicted molar refractivity (Wildman–Crippen MR) is 157 cm³/mol. The zero-order valence-corrected chi connectivity index (χ0v) is 22.8. The molecule has 0 saturated heterocycles. The molecule has 5 rings (SSSR count). The van der Waals surface area contributed by atoms with Gasteiger partial charge in [-0.05, 0) is 62.2 Å². The quantitative estimate of drug-likeness (QED) is 0.234. The van der Waals surface area contributed by atoms with Crippen molar-refractivity contribution in [1.82, 2.24) is 0 Å². The van der Waals surface area contributed by atoms with Crippen LogP contribution in [0.4, 0.5) is 11.4 Å². The van der Waals surface area contributed by atoms with E-state index in [1.807, 2.05) is 115 Å². The number of carbonyl (C=O) groups is 1. The molecule has 4 aromatic carbocycles. The molecule has 0 spiro atoms. The number of anilines is 2. The van der Waals surface area contributed by atoms with Crippen LogP contribution >= 0.6 is 0 Å². The number of rotatable bonds is 9. The number of nitrogens with zero attached hydrogens (tertiary/aromatic N) is 3. The van der Waals surface area contributed by atoms with Gasteiger partial charge in [-0.1, -0.05) is 72.3 Å². The van der Waals surface area contributed by atoms with Crippen LogP contribution in [0.5, 0.6) is 11.5 Å². The molecule has 0 saturated carbocycles. The summed E-state index contributed by atoms with van der Waals surface area (Å²) in [6.45, 7) is 8.48. The average molecular weight is 520 g/mol. The van der Waals surface area contributed by atoms with Gasteiger partial charge in [0.25, 0.3) is 0 Å². The number of aryl methyl sites for hydroxylation is 2. The molecule has 4 aromatic rings. The Labute approximate surface area is 230 Å². The Hall–Kier alpha value is -4.58. The number of hydrazone groups is 1. The number of ether oxygens (including phenoxy) is 2. The molecule has 39 heavy (non-hydrogen) atoms. The van der Waals surface area contributed by atoms with Gasteiger partial charge in [-0.25, -0.2) is 5.01 Å². The number of carbonyl (C=O) groups excluding carboxylic acids is 1. The first-order valence-corrected chi connectivity index (χ1v) is 13.2. The highest BCUT2D eigenvalue weighted by molar-refractivity contribution is 6.44. The Morgan fingerprint density at radius 3 is 2.26 bits per heavy atom. The Balaban J connectivity index is 1.69. The lowest BCUT2D eigenvalue weighted by Crippen LogP contribution is -2.38. The van der Waals surface area contributed by atoms with Crippen molar-refractivity contribution in [3.63, 3.8) is 0 Å². The zero-order chi connectivity index (χ0) is 27.4. The lowest BCUT2D eigenvalue weighted by Gasteiger charge is -2.33. The van der Waals surface area contributed by atoms with Gasteiger partial charge in [0.05, 0.1) is 12.3 Å². The van der Waals surface area contributed by atoms with Gasteiger partial charge in [0.2, 0.25) is 0 Å². The lowest BCUT2D eigenvalue weighted by atomic mass is 10.1. The number of Topliss-reactive ketones (excluding diaryl/α,β-unsaturated/α-hetero) is 1. The van der Waals surface area contributed by atoms with Gasteiger partial charge in [-0.3, -0.25) is 9.69 Å². The number of amidine groups is 1. The van der Waals surface area contributed by atoms with Gasteiger partial charge in [0.1, 0.15) is 6.61 Å². The second kappa shape index (κ2) is 11.4. The first-order valence-electron chi connectivity index (χ1n) is 13.2. The topological polar surface area (TPSA) is 54.4 Å². The van der Waals surface area contributed by atoms with E-state index in [1.165, 1.54) is 0 Å². The van der Waals surface area contributed by atoms with Crippen LogP contribution in [0.2, 0.25) is 0 Å². The van der Waals surface area contributed by atoms with Crippen LogP contribution in [0.1, 0.15) is 42.3 Å². The number of hydrogen-bond acceptors (Lipinski definition) is 6. The summed E-state index contributed by atoms with van der Waals surface area (Å²) in [5, 5.41) is 6.80. The summed E-state index contributed by atoms with van der Waals surface area (Å²) in [4.78, 5) is 15.0. The molecular weight excluding hydrogens is 486 g/mol. The van der Waals surface area contributed by atoms with Crippen LogP contribution in [-0.2, 0) is 11.4 Å². The number of hydrogen-bond donors (Lipinski definition) is 0. The molecule has 6 heteroatoms. The van der Waals surface area contributed by atoms with Crippen molar-refractivity contribution in [2.45, 2.75) is 40.5 Å². The Morgan fingerprint density at radius 1 is 0.821 bits per heavy atom. The van der Waals surface area contributed by atoms with E-state index < -0.39 is 6.17 Å². The zero-order valence-electron chi connectivity index (χ0n) is 22.8. The summed E-state index contributed by atoms with van der Waals surface area (Å²) in [6, 6.07) is 32.2. The monoisotopic (exact) mass is 519 g/mol. The van der Waals surface area contributed by atoms with E-state index in [-0.39, 0.29) is 5.78 Å². The SMILES string of the molecule is CCOc1cccc([C@@H]2N(c3ccc(C)cc3)N=C(C(C)=O)N2c2cccc(C)c2)c1OCc1ccccc1. The van der Waals surface area contributed by atoms with Crippen LogP contribution < -0.4 is 19.4 Å². The van der Waals surface area contributed by atoms with E-state index >= 15 is 0 Å². The lowest BCUT2D eigenvalue weighted by molar-refractivity contribution is -0.111. The largest absolute Gasteiger partial charge is 0.490 e. The van der Waals surface area contributed by atoms with Crippen LogP contribution in [0, 0.1) is 13.8 Å². The van der Waals surface area contributed by atoms with Crippen LogP contribution in [0.15, 0.2) is 102 Å². The van der Waals surface area contributed by atoms with Crippen molar-refractivity contribution in [2.24, 2.45) is 5.10 Å². The molecule has 0 unspecified atom stereocenters. The minimum absolute atomic E-state index is 0.121. The van der Waals surface area contributed by atoms with Gasteiger partial charge in [0, 0.05) is 18.2 Å². The molecule has 0 fully saturated rings. The molecule has 198 valence electrons. The third kappa shape index (κ3) is 5.50. The molecule has 0 amide bonds. The number of ketones is 1. The fourth-order valence-electron chi connectivity index (χ4n) is 4.77. The summed E-state index contributed by atoms with van der Waals surface area (Å²) in [7, 11) is 0. The fourth-order valence-corrected chi connectivity index (χ4v) is 4.77. The molecule has 0 aliphatic carbocycles. The molecule has 6 nitrogen and oxygen atoms in total. The normalized spacial score (nSPS) is 14.8. The predicted octanol–water partition coefficient (Wildman–Crippen LogP) is 7.21. The van der Waals surface area contributed by atoms with Crippen molar-refractivity contribution in [1.29, 1.82) is 0 Å². The van der Waals surface area contributed by atoms with Gasteiger partial charge in [-0.15, -0.1) is 5.10 Å². The van der Waals surface area contributed by atoms with E-state index in [2.05, 4.69) is 13.0 Å². The van der Waals surface area contributed by atoms with E-state index in [0.29, 0.717) is 30.5 Å². The van der Waals surface area contributed by atoms with Crippen molar-refractivity contribution >= 4 is 23.0 Å². The highest BCUT2D eigenvalue weighted by Gasteiger charge is 2.41. The third-order valence-electron chi connectivity index (χ3n) is 6.61. The Morgan fingerprint density at radius 2 is 1.56 bits per heavy atom.